The summed E-state index contributed by atoms with van der Waals surface area (Å²) in [4.78, 5) is 14.4. The number of rotatable bonds is 5. The summed E-state index contributed by atoms with van der Waals surface area (Å²) in [5.41, 5.74) is 1.22. The highest BCUT2D eigenvalue weighted by atomic mass is 16.6. The average Bonchev–Trinajstić information content (AvgIpc) is 3.50. The summed E-state index contributed by atoms with van der Waals surface area (Å²) in [5, 5.41) is 3.72. The Morgan fingerprint density at radius 1 is 1.20 bits per heavy atom. The second-order valence-corrected chi connectivity index (χ2v) is 7.48. The Morgan fingerprint density at radius 2 is 2.00 bits per heavy atom. The number of likely N-dealkylation sites (tertiary alicyclic amines) is 1. The van der Waals surface area contributed by atoms with Gasteiger partial charge in [-0.2, -0.15) is 0 Å². The summed E-state index contributed by atoms with van der Waals surface area (Å²) in [6.07, 6.45) is 4.34. The first-order chi connectivity index (χ1) is 12.2. The zero-order valence-electron chi connectivity index (χ0n) is 15.0. The van der Waals surface area contributed by atoms with Crippen LogP contribution in [0.2, 0.25) is 0 Å². The molecule has 1 aromatic carbocycles. The van der Waals surface area contributed by atoms with Gasteiger partial charge in [-0.25, -0.2) is 0 Å². The van der Waals surface area contributed by atoms with E-state index < -0.39 is 0 Å². The maximum Gasteiger partial charge on any atom is 0.225 e. The summed E-state index contributed by atoms with van der Waals surface area (Å²) < 4.78 is 11.3. The van der Waals surface area contributed by atoms with E-state index in [1.54, 1.807) is 0 Å². The van der Waals surface area contributed by atoms with E-state index in [0.29, 0.717) is 37.0 Å². The zero-order chi connectivity index (χ0) is 17.2. The van der Waals surface area contributed by atoms with Gasteiger partial charge in [-0.1, -0.05) is 19.4 Å². The van der Waals surface area contributed by atoms with E-state index in [4.69, 9.17) is 9.47 Å². The number of hydrogen-bond acceptors (Lipinski definition) is 4. The summed E-state index contributed by atoms with van der Waals surface area (Å²) in [7, 11) is 0. The smallest absolute Gasteiger partial charge is 0.225 e. The third-order valence-electron chi connectivity index (χ3n) is 5.67. The van der Waals surface area contributed by atoms with Crippen molar-refractivity contribution in [2.24, 2.45) is 11.8 Å². The maximum absolute atomic E-state index is 12.3. The van der Waals surface area contributed by atoms with Crippen molar-refractivity contribution in [1.82, 2.24) is 10.2 Å². The number of ether oxygens (including phenoxy) is 2. The molecule has 0 bridgehead atoms. The van der Waals surface area contributed by atoms with Gasteiger partial charge in [-0.3, -0.25) is 4.79 Å². The number of hydrogen-bond donors (Lipinski definition) is 1. The molecule has 0 spiro atoms. The van der Waals surface area contributed by atoms with Crippen LogP contribution in [0.4, 0.5) is 0 Å². The SMILES string of the molecule is CC[C@@H]1CN(C(=O)C2CC2)CC[C@H]1NCc1ccc2c(c1)OCCO2. The second kappa shape index (κ2) is 7.24. The van der Waals surface area contributed by atoms with Crippen LogP contribution < -0.4 is 14.8 Å². The monoisotopic (exact) mass is 344 g/mol. The fraction of sp³-hybridized carbons (Fsp3) is 0.650. The standard InChI is InChI=1S/C20H28N2O3/c1-2-15-13-22(20(23)16-4-5-16)8-7-17(15)21-12-14-3-6-18-19(11-14)25-10-9-24-18/h3,6,11,15-17,21H,2,4-5,7-10,12-13H2,1H3/t15-,17-/m1/s1. The van der Waals surface area contributed by atoms with E-state index in [1.165, 1.54) is 5.56 Å². The summed E-state index contributed by atoms with van der Waals surface area (Å²) in [6, 6.07) is 6.66. The number of nitrogens with zero attached hydrogens (tertiary/aromatic N) is 1. The van der Waals surface area contributed by atoms with Crippen molar-refractivity contribution < 1.29 is 14.3 Å². The highest BCUT2D eigenvalue weighted by molar-refractivity contribution is 5.81. The molecule has 2 heterocycles. The van der Waals surface area contributed by atoms with Crippen LogP contribution in [-0.4, -0.2) is 43.2 Å². The van der Waals surface area contributed by atoms with Crippen molar-refractivity contribution in [2.75, 3.05) is 26.3 Å². The lowest BCUT2D eigenvalue weighted by atomic mass is 9.89. The molecule has 4 rings (SSSR count). The molecule has 0 aromatic heterocycles. The van der Waals surface area contributed by atoms with Crippen molar-refractivity contribution >= 4 is 5.91 Å². The predicted molar refractivity (Wildman–Crippen MR) is 95.8 cm³/mol. The third-order valence-corrected chi connectivity index (χ3v) is 5.67. The van der Waals surface area contributed by atoms with E-state index >= 15 is 0 Å². The minimum Gasteiger partial charge on any atom is -0.486 e. The van der Waals surface area contributed by atoms with Crippen LogP contribution >= 0.6 is 0 Å². The first-order valence-corrected chi connectivity index (χ1v) is 9.65. The van der Waals surface area contributed by atoms with Gasteiger partial charge in [0.15, 0.2) is 11.5 Å². The Morgan fingerprint density at radius 3 is 2.76 bits per heavy atom. The van der Waals surface area contributed by atoms with E-state index in [2.05, 4.69) is 29.3 Å². The molecule has 1 amide bonds. The molecular formula is C20H28N2O3. The Labute approximate surface area is 149 Å². The fourth-order valence-corrected chi connectivity index (χ4v) is 3.95. The molecule has 2 atom stereocenters. The van der Waals surface area contributed by atoms with Gasteiger partial charge in [0.2, 0.25) is 5.91 Å². The number of carbonyl (C=O) groups is 1. The van der Waals surface area contributed by atoms with Crippen molar-refractivity contribution in [3.05, 3.63) is 23.8 Å². The normalized spacial score (nSPS) is 25.7. The summed E-state index contributed by atoms with van der Waals surface area (Å²) in [6.45, 7) is 6.11. The molecule has 5 nitrogen and oxygen atoms in total. The zero-order valence-corrected chi connectivity index (χ0v) is 15.0. The van der Waals surface area contributed by atoms with Gasteiger partial charge < -0.3 is 19.7 Å². The summed E-state index contributed by atoms with van der Waals surface area (Å²) in [5.74, 6) is 2.95. The Balaban J connectivity index is 1.33. The first-order valence-electron chi connectivity index (χ1n) is 9.65. The lowest BCUT2D eigenvalue weighted by Crippen LogP contribution is -2.51. The van der Waals surface area contributed by atoms with Crippen LogP contribution in [-0.2, 0) is 11.3 Å². The van der Waals surface area contributed by atoms with Crippen LogP contribution in [0.25, 0.3) is 0 Å². The Hall–Kier alpha value is -1.75. The lowest BCUT2D eigenvalue weighted by molar-refractivity contribution is -0.134. The molecule has 1 saturated carbocycles. The predicted octanol–water partition coefficient (Wildman–Crippen LogP) is 2.58. The lowest BCUT2D eigenvalue weighted by Gasteiger charge is -2.39. The van der Waals surface area contributed by atoms with Crippen molar-refractivity contribution in [3.63, 3.8) is 0 Å². The van der Waals surface area contributed by atoms with Gasteiger partial charge in [0, 0.05) is 31.6 Å². The molecule has 136 valence electrons. The van der Waals surface area contributed by atoms with Gasteiger partial charge in [0.05, 0.1) is 0 Å². The fourth-order valence-electron chi connectivity index (χ4n) is 3.95. The van der Waals surface area contributed by atoms with Gasteiger partial charge >= 0.3 is 0 Å². The molecule has 2 fully saturated rings. The Kier molecular flexibility index (Phi) is 4.84. The topological polar surface area (TPSA) is 50.8 Å². The molecule has 3 aliphatic rings. The third kappa shape index (κ3) is 3.76. The number of nitrogens with one attached hydrogen (secondary N) is 1. The van der Waals surface area contributed by atoms with Gasteiger partial charge in [-0.05, 0) is 42.9 Å². The molecule has 1 aromatic rings. The van der Waals surface area contributed by atoms with Crippen LogP contribution in [0.15, 0.2) is 18.2 Å². The molecule has 25 heavy (non-hydrogen) atoms. The first kappa shape index (κ1) is 16.7. The van der Waals surface area contributed by atoms with Crippen LogP contribution in [0.1, 0.15) is 38.2 Å². The van der Waals surface area contributed by atoms with Crippen molar-refractivity contribution in [2.45, 2.75) is 45.2 Å². The van der Waals surface area contributed by atoms with Crippen LogP contribution in [0.3, 0.4) is 0 Å². The largest absolute Gasteiger partial charge is 0.486 e. The number of fused-ring (bicyclic) bond motifs is 1. The summed E-state index contributed by atoms with van der Waals surface area (Å²) >= 11 is 0. The number of carbonyl (C=O) groups excluding carboxylic acids is 1. The van der Waals surface area contributed by atoms with Crippen LogP contribution in [0.5, 0.6) is 11.5 Å². The average molecular weight is 344 g/mol. The second-order valence-electron chi connectivity index (χ2n) is 7.48. The molecular weight excluding hydrogens is 316 g/mol. The quantitative estimate of drug-likeness (QED) is 0.892. The molecule has 2 aliphatic heterocycles. The number of amides is 1. The molecule has 0 unspecified atom stereocenters. The van der Waals surface area contributed by atoms with E-state index in [-0.39, 0.29) is 0 Å². The van der Waals surface area contributed by atoms with Crippen LogP contribution in [0, 0.1) is 11.8 Å². The molecule has 0 radical (unpaired) electrons. The van der Waals surface area contributed by atoms with Gasteiger partial charge in [0.1, 0.15) is 13.2 Å². The maximum atomic E-state index is 12.3. The minimum atomic E-state index is 0.333. The van der Waals surface area contributed by atoms with Gasteiger partial charge in [-0.15, -0.1) is 0 Å². The highest BCUT2D eigenvalue weighted by Gasteiger charge is 2.37. The number of benzene rings is 1. The molecule has 1 aliphatic carbocycles. The van der Waals surface area contributed by atoms with E-state index in [0.717, 1.165) is 56.8 Å². The Bertz CT molecular complexity index is 629. The molecule has 5 heteroatoms. The molecule has 1 N–H and O–H groups in total. The van der Waals surface area contributed by atoms with Crippen molar-refractivity contribution in [3.8, 4) is 11.5 Å². The minimum absolute atomic E-state index is 0.333. The number of piperidine rings is 1. The van der Waals surface area contributed by atoms with Crippen molar-refractivity contribution in [1.29, 1.82) is 0 Å². The van der Waals surface area contributed by atoms with E-state index in [9.17, 15) is 4.79 Å². The highest BCUT2D eigenvalue weighted by Crippen LogP contribution is 2.33. The van der Waals surface area contributed by atoms with E-state index in [1.807, 2.05) is 6.07 Å². The molecule has 1 saturated heterocycles. The van der Waals surface area contributed by atoms with Gasteiger partial charge in [0.25, 0.3) is 0 Å².